The molecule has 2 aromatic rings. The predicted molar refractivity (Wildman–Crippen MR) is 96.5 cm³/mol. The summed E-state index contributed by atoms with van der Waals surface area (Å²) in [4.78, 5) is 11.0. The summed E-state index contributed by atoms with van der Waals surface area (Å²) in [5.41, 5.74) is 3.85. The monoisotopic (exact) mass is 362 g/mol. The van der Waals surface area contributed by atoms with Crippen molar-refractivity contribution in [1.29, 1.82) is 0 Å². The fourth-order valence-electron chi connectivity index (χ4n) is 1.97. The first kappa shape index (κ1) is 18.6. The fourth-order valence-corrected chi connectivity index (χ4v) is 2.16. The van der Waals surface area contributed by atoms with Gasteiger partial charge in [-0.2, -0.15) is 5.10 Å². The number of benzene rings is 2. The molecule has 1 N–H and O–H groups in total. The fraction of sp³-hybridized carbons (Fsp3) is 0.222. The molecule has 0 heterocycles. The van der Waals surface area contributed by atoms with E-state index in [2.05, 4.69) is 15.3 Å². The number of hydrogen-bond donors (Lipinski definition) is 1. The van der Waals surface area contributed by atoms with Crippen LogP contribution in [0.5, 0.6) is 11.5 Å². The lowest BCUT2D eigenvalue weighted by molar-refractivity contribution is 0.171. The Bertz CT molecular complexity index is 750. The van der Waals surface area contributed by atoms with Crippen LogP contribution in [0.4, 0.5) is 4.79 Å². The Hall–Kier alpha value is -2.73. The number of methoxy groups -OCH3 is 1. The minimum absolute atomic E-state index is 0.330. The maximum absolute atomic E-state index is 11.0. The number of rotatable bonds is 7. The molecular weight excluding hydrogens is 344 g/mol. The molecule has 1 amide bonds. The minimum atomic E-state index is -0.638. The van der Waals surface area contributed by atoms with Crippen LogP contribution in [0.1, 0.15) is 18.1 Å². The van der Waals surface area contributed by atoms with Gasteiger partial charge >= 0.3 is 6.09 Å². The highest BCUT2D eigenvalue weighted by molar-refractivity contribution is 6.31. The predicted octanol–water partition coefficient (Wildman–Crippen LogP) is 4.01. The highest BCUT2D eigenvalue weighted by Crippen LogP contribution is 2.29. The molecule has 0 aliphatic carbocycles. The van der Waals surface area contributed by atoms with Gasteiger partial charge in [-0.1, -0.05) is 29.8 Å². The SMILES string of the molecule is CCOc1cc(C=NNC(=O)OC)ccc1OCc1ccccc1Cl. The normalized spacial score (nSPS) is 10.5. The summed E-state index contributed by atoms with van der Waals surface area (Å²) in [6, 6.07) is 12.8. The van der Waals surface area contributed by atoms with E-state index in [9.17, 15) is 4.79 Å². The summed E-state index contributed by atoms with van der Waals surface area (Å²) in [5, 5.41) is 4.44. The molecule has 2 aromatic carbocycles. The van der Waals surface area contributed by atoms with Crippen molar-refractivity contribution in [2.75, 3.05) is 13.7 Å². The third kappa shape index (κ3) is 5.69. The first-order chi connectivity index (χ1) is 12.1. The third-order valence-electron chi connectivity index (χ3n) is 3.16. The zero-order valence-corrected chi connectivity index (χ0v) is 14.7. The summed E-state index contributed by atoms with van der Waals surface area (Å²) in [6.45, 7) is 2.71. The zero-order chi connectivity index (χ0) is 18.1. The van der Waals surface area contributed by atoms with Gasteiger partial charge < -0.3 is 14.2 Å². The Morgan fingerprint density at radius 2 is 2.00 bits per heavy atom. The van der Waals surface area contributed by atoms with Crippen molar-refractivity contribution in [3.63, 3.8) is 0 Å². The molecule has 132 valence electrons. The van der Waals surface area contributed by atoms with Gasteiger partial charge in [0.2, 0.25) is 0 Å². The molecule has 0 spiro atoms. The van der Waals surface area contributed by atoms with E-state index in [4.69, 9.17) is 21.1 Å². The smallest absolute Gasteiger partial charge is 0.427 e. The quantitative estimate of drug-likeness (QED) is 0.597. The summed E-state index contributed by atoms with van der Waals surface area (Å²) in [7, 11) is 1.27. The molecule has 0 fully saturated rings. The van der Waals surface area contributed by atoms with Crippen molar-refractivity contribution < 1.29 is 19.0 Å². The van der Waals surface area contributed by atoms with Crippen molar-refractivity contribution in [2.45, 2.75) is 13.5 Å². The molecular formula is C18H19ClN2O4. The number of hydrogen-bond acceptors (Lipinski definition) is 5. The van der Waals surface area contributed by atoms with Crippen LogP contribution in [0.3, 0.4) is 0 Å². The number of carbonyl (C=O) groups is 1. The number of nitrogens with one attached hydrogen (secondary N) is 1. The second-order valence-electron chi connectivity index (χ2n) is 4.88. The summed E-state index contributed by atoms with van der Waals surface area (Å²) < 4.78 is 15.9. The van der Waals surface area contributed by atoms with Crippen molar-refractivity contribution in [3.8, 4) is 11.5 Å². The van der Waals surface area contributed by atoms with E-state index in [1.165, 1.54) is 13.3 Å². The van der Waals surface area contributed by atoms with Crippen LogP contribution in [0.25, 0.3) is 0 Å². The van der Waals surface area contributed by atoms with Crippen molar-refractivity contribution >= 4 is 23.9 Å². The number of ether oxygens (including phenoxy) is 3. The van der Waals surface area contributed by atoms with Crippen LogP contribution in [0, 0.1) is 0 Å². The highest BCUT2D eigenvalue weighted by atomic mass is 35.5. The maximum Gasteiger partial charge on any atom is 0.427 e. The Balaban J connectivity index is 2.10. The molecule has 0 unspecified atom stereocenters. The van der Waals surface area contributed by atoms with Crippen molar-refractivity contribution in [2.24, 2.45) is 5.10 Å². The second-order valence-corrected chi connectivity index (χ2v) is 5.29. The third-order valence-corrected chi connectivity index (χ3v) is 3.53. The molecule has 7 heteroatoms. The van der Waals surface area contributed by atoms with Gasteiger partial charge in [-0.25, -0.2) is 10.2 Å². The Morgan fingerprint density at radius 1 is 1.20 bits per heavy atom. The van der Waals surface area contributed by atoms with Gasteiger partial charge in [-0.05, 0) is 36.8 Å². The molecule has 2 rings (SSSR count). The Kier molecular flexibility index (Phi) is 7.10. The number of carbonyl (C=O) groups excluding carboxylic acids is 1. The van der Waals surface area contributed by atoms with Crippen molar-refractivity contribution in [1.82, 2.24) is 5.43 Å². The van der Waals surface area contributed by atoms with E-state index in [-0.39, 0.29) is 0 Å². The van der Waals surface area contributed by atoms with Gasteiger partial charge in [0.15, 0.2) is 11.5 Å². The number of amides is 1. The maximum atomic E-state index is 11.0. The van der Waals surface area contributed by atoms with E-state index < -0.39 is 6.09 Å². The standard InChI is InChI=1S/C18H19ClN2O4/c1-3-24-17-10-13(11-20-21-18(22)23-2)8-9-16(17)25-12-14-6-4-5-7-15(14)19/h4-11H,3,12H2,1-2H3,(H,21,22). The van der Waals surface area contributed by atoms with Crippen LogP contribution in [-0.4, -0.2) is 26.0 Å². The molecule has 0 aliphatic rings. The molecule has 25 heavy (non-hydrogen) atoms. The highest BCUT2D eigenvalue weighted by Gasteiger charge is 2.08. The Labute approximate surface area is 151 Å². The minimum Gasteiger partial charge on any atom is -0.490 e. The lowest BCUT2D eigenvalue weighted by Crippen LogP contribution is -2.16. The number of hydrazone groups is 1. The van der Waals surface area contributed by atoms with Crippen LogP contribution in [0.2, 0.25) is 5.02 Å². The zero-order valence-electron chi connectivity index (χ0n) is 14.0. The van der Waals surface area contributed by atoms with Crippen LogP contribution in [0.15, 0.2) is 47.6 Å². The lowest BCUT2D eigenvalue weighted by atomic mass is 10.2. The van der Waals surface area contributed by atoms with Crippen LogP contribution in [-0.2, 0) is 11.3 Å². The lowest BCUT2D eigenvalue weighted by Gasteiger charge is -2.13. The summed E-state index contributed by atoms with van der Waals surface area (Å²) in [5.74, 6) is 1.18. The molecule has 0 radical (unpaired) electrons. The van der Waals surface area contributed by atoms with E-state index in [0.29, 0.717) is 29.7 Å². The molecule has 0 bridgehead atoms. The molecule has 0 aliphatic heterocycles. The van der Waals surface area contributed by atoms with E-state index in [0.717, 1.165) is 11.1 Å². The van der Waals surface area contributed by atoms with Gasteiger partial charge in [-0.15, -0.1) is 0 Å². The molecule has 0 saturated carbocycles. The largest absolute Gasteiger partial charge is 0.490 e. The van der Waals surface area contributed by atoms with Gasteiger partial charge in [0.05, 0.1) is 19.9 Å². The average molecular weight is 363 g/mol. The van der Waals surface area contributed by atoms with E-state index in [1.807, 2.05) is 31.2 Å². The number of nitrogens with zero attached hydrogens (tertiary/aromatic N) is 1. The summed E-state index contributed by atoms with van der Waals surface area (Å²) in [6.07, 6.45) is 0.845. The topological polar surface area (TPSA) is 69.2 Å². The molecule has 0 aromatic heterocycles. The molecule has 6 nitrogen and oxygen atoms in total. The second kappa shape index (κ2) is 9.54. The van der Waals surface area contributed by atoms with Gasteiger partial charge in [-0.3, -0.25) is 0 Å². The summed E-state index contributed by atoms with van der Waals surface area (Å²) >= 11 is 6.14. The molecule has 0 atom stereocenters. The van der Waals surface area contributed by atoms with Crippen molar-refractivity contribution in [3.05, 3.63) is 58.6 Å². The van der Waals surface area contributed by atoms with Crippen LogP contribution >= 0.6 is 11.6 Å². The first-order valence-corrected chi connectivity index (χ1v) is 8.02. The average Bonchev–Trinajstić information content (AvgIpc) is 2.62. The van der Waals surface area contributed by atoms with Crippen LogP contribution < -0.4 is 14.9 Å². The first-order valence-electron chi connectivity index (χ1n) is 7.64. The van der Waals surface area contributed by atoms with E-state index >= 15 is 0 Å². The van der Waals surface area contributed by atoms with E-state index in [1.54, 1.807) is 18.2 Å². The molecule has 0 saturated heterocycles. The van der Waals surface area contributed by atoms with Gasteiger partial charge in [0.25, 0.3) is 0 Å². The van der Waals surface area contributed by atoms with Gasteiger partial charge in [0.1, 0.15) is 6.61 Å². The number of halogens is 1. The Morgan fingerprint density at radius 3 is 2.72 bits per heavy atom. The van der Waals surface area contributed by atoms with Gasteiger partial charge in [0, 0.05) is 10.6 Å².